The highest BCUT2D eigenvalue weighted by Gasteiger charge is 2.52. The summed E-state index contributed by atoms with van der Waals surface area (Å²) in [4.78, 5) is 11.3. The molecule has 130 valence electrons. The van der Waals surface area contributed by atoms with Crippen molar-refractivity contribution < 1.29 is 18.8 Å². The first-order valence-electron chi connectivity index (χ1n) is 8.09. The van der Waals surface area contributed by atoms with Crippen LogP contribution in [0.15, 0.2) is 29.7 Å². The van der Waals surface area contributed by atoms with Crippen molar-refractivity contribution in [3.63, 3.8) is 0 Å². The molecule has 1 aromatic carbocycles. The molecule has 0 spiro atoms. The average molecular weight is 331 g/mol. The number of carbonyl (C=O) groups is 1. The zero-order chi connectivity index (χ0) is 18.0. The van der Waals surface area contributed by atoms with E-state index in [0.29, 0.717) is 6.54 Å². The van der Waals surface area contributed by atoms with Crippen LogP contribution < -0.4 is 10.1 Å². The van der Waals surface area contributed by atoms with Gasteiger partial charge in [0.25, 0.3) is 0 Å². The van der Waals surface area contributed by atoms with Crippen LogP contribution in [-0.2, 0) is 14.1 Å². The first-order chi connectivity index (χ1) is 11.1. The van der Waals surface area contributed by atoms with Gasteiger partial charge in [0, 0.05) is 13.5 Å². The van der Waals surface area contributed by atoms with Gasteiger partial charge in [-0.2, -0.15) is 0 Å². The smallest absolute Gasteiger partial charge is 0.492 e. The number of ether oxygens (including phenoxy) is 1. The van der Waals surface area contributed by atoms with E-state index in [0.717, 1.165) is 16.8 Å². The second-order valence-corrected chi connectivity index (χ2v) is 6.99. The van der Waals surface area contributed by atoms with Crippen molar-refractivity contribution in [3.8, 4) is 5.75 Å². The highest BCUT2D eigenvalue weighted by atomic mass is 16.7. The zero-order valence-corrected chi connectivity index (χ0v) is 15.3. The van der Waals surface area contributed by atoms with Crippen molar-refractivity contribution in [1.82, 2.24) is 5.32 Å². The molecule has 0 atom stereocenters. The summed E-state index contributed by atoms with van der Waals surface area (Å²) >= 11 is 0. The van der Waals surface area contributed by atoms with Gasteiger partial charge in [-0.1, -0.05) is 18.2 Å². The molecule has 1 heterocycles. The number of methoxy groups -OCH3 is 1. The van der Waals surface area contributed by atoms with Gasteiger partial charge in [0.05, 0.1) is 18.3 Å². The molecular weight excluding hydrogens is 305 g/mol. The Balaban J connectivity index is 2.31. The molecule has 6 heteroatoms. The van der Waals surface area contributed by atoms with Crippen LogP contribution in [0.5, 0.6) is 5.75 Å². The predicted molar refractivity (Wildman–Crippen MR) is 95.7 cm³/mol. The fraction of sp³-hybridized carbons (Fsp3) is 0.500. The third kappa shape index (κ3) is 4.19. The van der Waals surface area contributed by atoms with E-state index in [4.69, 9.17) is 14.0 Å². The molecule has 0 saturated carbocycles. The molecule has 1 fully saturated rings. The first kappa shape index (κ1) is 18.6. The van der Waals surface area contributed by atoms with Gasteiger partial charge in [0.1, 0.15) is 5.75 Å². The lowest BCUT2D eigenvalue weighted by Gasteiger charge is -2.32. The predicted octanol–water partition coefficient (Wildman–Crippen LogP) is 2.85. The van der Waals surface area contributed by atoms with Gasteiger partial charge in [-0.05, 0) is 50.9 Å². The average Bonchev–Trinajstić information content (AvgIpc) is 2.71. The Morgan fingerprint density at radius 3 is 2.42 bits per heavy atom. The molecule has 0 radical (unpaired) electrons. The molecule has 5 nitrogen and oxygen atoms in total. The van der Waals surface area contributed by atoms with E-state index in [9.17, 15) is 4.79 Å². The number of hydrogen-bond donors (Lipinski definition) is 1. The number of hydrogen-bond acceptors (Lipinski definition) is 4. The molecule has 1 aromatic rings. The molecule has 0 bridgehead atoms. The van der Waals surface area contributed by atoms with E-state index in [1.165, 1.54) is 6.92 Å². The number of carbonyl (C=O) groups excluding carboxylic acids is 1. The van der Waals surface area contributed by atoms with Crippen LogP contribution in [0.3, 0.4) is 0 Å². The summed E-state index contributed by atoms with van der Waals surface area (Å²) in [6.45, 7) is 9.89. The maximum absolute atomic E-state index is 11.3. The van der Waals surface area contributed by atoms with Crippen molar-refractivity contribution in [2.75, 3.05) is 13.7 Å². The van der Waals surface area contributed by atoms with Crippen molar-refractivity contribution >= 4 is 19.1 Å². The number of benzene rings is 1. The van der Waals surface area contributed by atoms with Gasteiger partial charge in [-0.25, -0.2) is 0 Å². The molecular formula is C18H26BNO4. The maximum Gasteiger partial charge on any atom is 0.492 e. The minimum absolute atomic E-state index is 0.0944. The molecule has 24 heavy (non-hydrogen) atoms. The molecule has 0 aromatic heterocycles. The van der Waals surface area contributed by atoms with E-state index >= 15 is 0 Å². The first-order valence-corrected chi connectivity index (χ1v) is 8.09. The molecule has 1 saturated heterocycles. The lowest BCUT2D eigenvalue weighted by atomic mass is 9.77. The Kier molecular flexibility index (Phi) is 5.40. The van der Waals surface area contributed by atoms with Crippen LogP contribution in [0, 0.1) is 0 Å². The van der Waals surface area contributed by atoms with Crippen LogP contribution in [-0.4, -0.2) is 37.9 Å². The Morgan fingerprint density at radius 2 is 1.88 bits per heavy atom. The van der Waals surface area contributed by atoms with Crippen LogP contribution in [0.4, 0.5) is 0 Å². The van der Waals surface area contributed by atoms with Crippen molar-refractivity contribution in [2.45, 2.75) is 45.8 Å². The van der Waals surface area contributed by atoms with Gasteiger partial charge in [0.2, 0.25) is 5.91 Å². The molecule has 1 N–H and O–H groups in total. The lowest BCUT2D eigenvalue weighted by Crippen LogP contribution is -2.41. The summed E-state index contributed by atoms with van der Waals surface area (Å²) in [7, 11) is 1.13. The molecule has 1 aliphatic heterocycles. The quantitative estimate of drug-likeness (QED) is 0.843. The summed E-state index contributed by atoms with van der Waals surface area (Å²) in [6.07, 6.45) is 1.97. The fourth-order valence-electron chi connectivity index (χ4n) is 2.37. The van der Waals surface area contributed by atoms with Gasteiger partial charge in [-0.3, -0.25) is 4.79 Å². The molecule has 0 unspecified atom stereocenters. The number of amides is 1. The topological polar surface area (TPSA) is 56.8 Å². The van der Waals surface area contributed by atoms with Crippen LogP contribution in [0.1, 0.15) is 40.2 Å². The summed E-state index contributed by atoms with van der Waals surface area (Å²) < 4.78 is 17.5. The van der Waals surface area contributed by atoms with E-state index in [-0.39, 0.29) is 5.91 Å². The Labute approximate surface area is 144 Å². The monoisotopic (exact) mass is 331 g/mol. The Hall–Kier alpha value is -1.79. The van der Waals surface area contributed by atoms with Crippen LogP contribution in [0.25, 0.3) is 6.08 Å². The second-order valence-electron chi connectivity index (χ2n) is 6.99. The normalized spacial score (nSPS) is 19.2. The van der Waals surface area contributed by atoms with Gasteiger partial charge in [-0.15, -0.1) is 0 Å². The van der Waals surface area contributed by atoms with E-state index in [1.54, 1.807) is 7.11 Å². The molecule has 1 amide bonds. The summed E-state index contributed by atoms with van der Waals surface area (Å²) in [5.74, 6) is 0.680. The van der Waals surface area contributed by atoms with Crippen LogP contribution in [0.2, 0.25) is 0 Å². The zero-order valence-electron chi connectivity index (χ0n) is 15.3. The molecule has 2 rings (SSSR count). The lowest BCUT2D eigenvalue weighted by molar-refractivity contribution is -0.118. The fourth-order valence-corrected chi connectivity index (χ4v) is 2.37. The van der Waals surface area contributed by atoms with Crippen molar-refractivity contribution in [3.05, 3.63) is 35.3 Å². The summed E-state index contributed by atoms with van der Waals surface area (Å²) in [5.41, 5.74) is 0.962. The number of rotatable bonds is 5. The van der Waals surface area contributed by atoms with Gasteiger partial charge >= 0.3 is 7.12 Å². The highest BCUT2D eigenvalue weighted by molar-refractivity contribution is 6.56. The van der Waals surface area contributed by atoms with E-state index < -0.39 is 18.3 Å². The Bertz CT molecular complexity index is 624. The third-order valence-corrected chi connectivity index (χ3v) is 4.54. The summed E-state index contributed by atoms with van der Waals surface area (Å²) in [6, 6.07) is 7.71. The van der Waals surface area contributed by atoms with E-state index in [2.05, 4.69) is 5.32 Å². The van der Waals surface area contributed by atoms with Gasteiger partial charge in [0.15, 0.2) is 0 Å². The third-order valence-electron chi connectivity index (χ3n) is 4.54. The largest absolute Gasteiger partial charge is 0.497 e. The minimum Gasteiger partial charge on any atom is -0.497 e. The molecule has 0 aliphatic carbocycles. The van der Waals surface area contributed by atoms with Gasteiger partial charge < -0.3 is 19.4 Å². The second kappa shape index (κ2) is 6.99. The van der Waals surface area contributed by atoms with Crippen molar-refractivity contribution in [2.24, 2.45) is 0 Å². The van der Waals surface area contributed by atoms with Crippen molar-refractivity contribution in [1.29, 1.82) is 0 Å². The van der Waals surface area contributed by atoms with E-state index in [1.807, 2.05) is 58.0 Å². The van der Waals surface area contributed by atoms with Crippen LogP contribution >= 0.6 is 0 Å². The molecule has 1 aliphatic rings. The SMILES string of the molecule is COc1cccc(C=C(CNC(C)=O)B2OC(C)(C)C(C)(C)O2)c1. The Morgan fingerprint density at radius 1 is 1.25 bits per heavy atom. The maximum atomic E-state index is 11.3. The summed E-state index contributed by atoms with van der Waals surface area (Å²) in [5, 5.41) is 2.83. The minimum atomic E-state index is -0.506. The number of nitrogens with one attached hydrogen (secondary N) is 1. The standard InChI is InChI=1S/C18H26BNO4/c1-13(21)20-12-15(10-14-8-7-9-16(11-14)22-6)19-23-17(2,3)18(4,5)24-19/h7-11H,12H2,1-6H3,(H,20,21). The highest BCUT2D eigenvalue weighted by Crippen LogP contribution is 2.38.